The molecule has 6 heteroatoms. The molecule has 1 fully saturated rings. The number of benzene rings is 1. The van der Waals surface area contributed by atoms with Crippen LogP contribution in [0.15, 0.2) is 60.8 Å². The van der Waals surface area contributed by atoms with Crippen LogP contribution in [0, 0.1) is 6.92 Å². The van der Waals surface area contributed by atoms with Gasteiger partial charge in [0.25, 0.3) is 0 Å². The van der Waals surface area contributed by atoms with E-state index in [0.717, 1.165) is 28.5 Å². The van der Waals surface area contributed by atoms with Crippen molar-refractivity contribution >= 4 is 23.0 Å². The molecule has 1 aromatic carbocycles. The average Bonchev–Trinajstić information content (AvgIpc) is 3.26. The van der Waals surface area contributed by atoms with E-state index >= 15 is 0 Å². The molecule has 1 saturated heterocycles. The predicted octanol–water partition coefficient (Wildman–Crippen LogP) is 4.68. The van der Waals surface area contributed by atoms with Crippen LogP contribution in [0.4, 0.5) is 5.69 Å². The highest BCUT2D eigenvalue weighted by Gasteiger charge is 2.41. The van der Waals surface area contributed by atoms with E-state index in [1.54, 1.807) is 0 Å². The van der Waals surface area contributed by atoms with Crippen LogP contribution in [0.3, 0.4) is 0 Å². The zero-order chi connectivity index (χ0) is 19.7. The topological polar surface area (TPSA) is 53.2 Å². The Kier molecular flexibility index (Phi) is 5.05. The largest absolute Gasteiger partial charge is 0.491 e. The van der Waals surface area contributed by atoms with Gasteiger partial charge < -0.3 is 19.9 Å². The number of nitrogens with one attached hydrogen (secondary N) is 2. The fourth-order valence-corrected chi connectivity index (χ4v) is 3.95. The standard InChI is InChI=1S/C22H24N4OS/c1-14(2)27-17-10-8-16(9-11-17)26-21(19-12-7-15(3)24-19)20(25-22(26)28)18-6-4-5-13-23-18/h4-14,20-21,24H,1-3H3,(H,25,28)/t20-,21-/m1/s1. The number of anilines is 1. The fraction of sp³-hybridized carbons (Fsp3) is 0.273. The Hall–Kier alpha value is -2.86. The minimum Gasteiger partial charge on any atom is -0.491 e. The van der Waals surface area contributed by atoms with Crippen LogP contribution in [-0.4, -0.2) is 21.2 Å². The van der Waals surface area contributed by atoms with Crippen LogP contribution in [0.1, 0.15) is 43.0 Å². The third-order valence-electron chi connectivity index (χ3n) is 4.76. The van der Waals surface area contributed by atoms with Crippen LogP contribution in [0.25, 0.3) is 0 Å². The number of thiocarbonyl (C=S) groups is 1. The number of aromatic amines is 1. The van der Waals surface area contributed by atoms with E-state index in [1.807, 2.05) is 50.4 Å². The smallest absolute Gasteiger partial charge is 0.174 e. The Balaban J connectivity index is 1.73. The van der Waals surface area contributed by atoms with Crippen molar-refractivity contribution in [3.63, 3.8) is 0 Å². The summed E-state index contributed by atoms with van der Waals surface area (Å²) in [5, 5.41) is 4.15. The summed E-state index contributed by atoms with van der Waals surface area (Å²) in [6.07, 6.45) is 1.96. The van der Waals surface area contributed by atoms with Gasteiger partial charge in [0.2, 0.25) is 0 Å². The molecular weight excluding hydrogens is 368 g/mol. The van der Waals surface area contributed by atoms with Gasteiger partial charge in [0, 0.05) is 23.3 Å². The van der Waals surface area contributed by atoms with Gasteiger partial charge in [-0.25, -0.2) is 0 Å². The van der Waals surface area contributed by atoms with Crippen molar-refractivity contribution in [3.8, 4) is 5.75 Å². The maximum Gasteiger partial charge on any atom is 0.174 e. The lowest BCUT2D eigenvalue weighted by molar-refractivity contribution is 0.242. The highest BCUT2D eigenvalue weighted by Crippen LogP contribution is 2.41. The lowest BCUT2D eigenvalue weighted by atomic mass is 10.0. The van der Waals surface area contributed by atoms with Crippen molar-refractivity contribution in [2.24, 2.45) is 0 Å². The molecule has 5 nitrogen and oxygen atoms in total. The maximum atomic E-state index is 5.78. The van der Waals surface area contributed by atoms with Gasteiger partial charge >= 0.3 is 0 Å². The van der Waals surface area contributed by atoms with Crippen molar-refractivity contribution in [1.29, 1.82) is 0 Å². The summed E-state index contributed by atoms with van der Waals surface area (Å²) < 4.78 is 5.78. The fourth-order valence-electron chi connectivity index (χ4n) is 3.60. The van der Waals surface area contributed by atoms with Gasteiger partial charge in [-0.15, -0.1) is 0 Å². The molecule has 2 atom stereocenters. The lowest BCUT2D eigenvalue weighted by Gasteiger charge is -2.27. The number of aryl methyl sites for hydroxylation is 1. The van der Waals surface area contributed by atoms with E-state index in [0.29, 0.717) is 5.11 Å². The summed E-state index contributed by atoms with van der Waals surface area (Å²) in [5.74, 6) is 0.852. The molecule has 144 valence electrons. The molecule has 0 bridgehead atoms. The molecule has 0 radical (unpaired) electrons. The first-order valence-electron chi connectivity index (χ1n) is 9.46. The molecule has 28 heavy (non-hydrogen) atoms. The first-order chi connectivity index (χ1) is 13.5. The van der Waals surface area contributed by atoms with Crippen molar-refractivity contribution in [2.75, 3.05) is 4.90 Å². The number of ether oxygens (including phenoxy) is 1. The summed E-state index contributed by atoms with van der Waals surface area (Å²) in [4.78, 5) is 10.2. The van der Waals surface area contributed by atoms with Crippen LogP contribution in [-0.2, 0) is 0 Å². The summed E-state index contributed by atoms with van der Waals surface area (Å²) in [6, 6.07) is 18.2. The average molecular weight is 393 g/mol. The number of pyridine rings is 1. The highest BCUT2D eigenvalue weighted by molar-refractivity contribution is 7.80. The summed E-state index contributed by atoms with van der Waals surface area (Å²) >= 11 is 5.73. The van der Waals surface area contributed by atoms with Crippen molar-refractivity contribution in [1.82, 2.24) is 15.3 Å². The number of hydrogen-bond donors (Lipinski definition) is 2. The molecule has 0 unspecified atom stereocenters. The second-order valence-corrected chi connectivity index (χ2v) is 7.64. The third-order valence-corrected chi connectivity index (χ3v) is 5.07. The van der Waals surface area contributed by atoms with Gasteiger partial charge in [-0.2, -0.15) is 0 Å². The molecule has 0 amide bonds. The molecule has 4 rings (SSSR count). The third kappa shape index (κ3) is 3.60. The van der Waals surface area contributed by atoms with E-state index in [-0.39, 0.29) is 18.2 Å². The molecule has 0 saturated carbocycles. The van der Waals surface area contributed by atoms with E-state index in [4.69, 9.17) is 17.0 Å². The maximum absolute atomic E-state index is 5.78. The minimum absolute atomic E-state index is 0.0204. The van der Waals surface area contributed by atoms with Crippen LogP contribution in [0.2, 0.25) is 0 Å². The SMILES string of the molecule is Cc1ccc([C@@H]2[C@@H](c3ccccn3)NC(=S)N2c2ccc(OC(C)C)cc2)[nH]1. The zero-order valence-corrected chi connectivity index (χ0v) is 17.0. The monoisotopic (exact) mass is 392 g/mol. The highest BCUT2D eigenvalue weighted by atomic mass is 32.1. The molecule has 1 aliphatic rings. The molecule has 0 aliphatic carbocycles. The molecule has 3 aromatic rings. The van der Waals surface area contributed by atoms with Crippen LogP contribution >= 0.6 is 12.2 Å². The molecule has 2 aromatic heterocycles. The van der Waals surface area contributed by atoms with Gasteiger partial charge in [0.15, 0.2) is 5.11 Å². The van der Waals surface area contributed by atoms with E-state index in [1.165, 1.54) is 0 Å². The van der Waals surface area contributed by atoms with Gasteiger partial charge in [-0.3, -0.25) is 4.98 Å². The molecule has 1 aliphatic heterocycles. The number of nitrogens with zero attached hydrogens (tertiary/aromatic N) is 2. The van der Waals surface area contributed by atoms with Gasteiger partial charge in [-0.1, -0.05) is 6.07 Å². The number of rotatable bonds is 5. The molecule has 2 N–H and O–H groups in total. The predicted molar refractivity (Wildman–Crippen MR) is 116 cm³/mol. The Labute approximate surface area is 170 Å². The second kappa shape index (κ2) is 7.64. The van der Waals surface area contributed by atoms with Gasteiger partial charge in [0.1, 0.15) is 11.8 Å². The molecule has 0 spiro atoms. The Morgan fingerprint density at radius 1 is 1.07 bits per heavy atom. The summed E-state index contributed by atoms with van der Waals surface area (Å²) in [7, 11) is 0. The Morgan fingerprint density at radius 3 is 2.46 bits per heavy atom. The zero-order valence-electron chi connectivity index (χ0n) is 16.2. The van der Waals surface area contributed by atoms with E-state index < -0.39 is 0 Å². The van der Waals surface area contributed by atoms with Crippen molar-refractivity contribution in [3.05, 3.63) is 77.9 Å². The van der Waals surface area contributed by atoms with E-state index in [2.05, 4.69) is 51.4 Å². The molecule has 3 heterocycles. The van der Waals surface area contributed by atoms with E-state index in [9.17, 15) is 0 Å². The Bertz CT molecular complexity index is 952. The van der Waals surface area contributed by atoms with Gasteiger partial charge in [0.05, 0.1) is 17.8 Å². The second-order valence-electron chi connectivity index (χ2n) is 7.25. The lowest BCUT2D eigenvalue weighted by Crippen LogP contribution is -2.29. The van der Waals surface area contributed by atoms with Crippen LogP contribution < -0.4 is 15.0 Å². The van der Waals surface area contributed by atoms with Crippen molar-refractivity contribution in [2.45, 2.75) is 39.0 Å². The first-order valence-corrected chi connectivity index (χ1v) is 9.86. The van der Waals surface area contributed by atoms with Crippen LogP contribution in [0.5, 0.6) is 5.75 Å². The normalized spacial score (nSPS) is 19.1. The quantitative estimate of drug-likeness (QED) is 0.618. The van der Waals surface area contributed by atoms with Gasteiger partial charge in [-0.05, 0) is 81.5 Å². The summed E-state index contributed by atoms with van der Waals surface area (Å²) in [6.45, 7) is 6.10. The summed E-state index contributed by atoms with van der Waals surface area (Å²) in [5.41, 5.74) is 4.20. The molecular formula is C22H24N4OS. The number of H-pyrrole nitrogens is 1. The number of aromatic nitrogens is 2. The van der Waals surface area contributed by atoms with Crippen molar-refractivity contribution < 1.29 is 4.74 Å². The Morgan fingerprint density at radius 2 is 1.86 bits per heavy atom. The number of hydrogen-bond acceptors (Lipinski definition) is 3. The minimum atomic E-state index is -0.0432. The first kappa shape index (κ1) is 18.5.